The fourth-order valence-corrected chi connectivity index (χ4v) is 2.94. The van der Waals surface area contributed by atoms with Crippen molar-refractivity contribution in [2.24, 2.45) is 5.73 Å². The van der Waals surface area contributed by atoms with Gasteiger partial charge in [0.05, 0.1) is 0 Å². The average Bonchev–Trinajstić information content (AvgIpc) is 2.59. The fraction of sp³-hybridized carbons (Fsp3) is 0.150. The van der Waals surface area contributed by atoms with E-state index in [4.69, 9.17) is 11.5 Å². The van der Waals surface area contributed by atoms with Crippen LogP contribution in [0.1, 0.15) is 17.5 Å². The number of primary amides is 1. The molecule has 4 N–H and O–H groups in total. The Balaban J connectivity index is 2.09. The standard InChI is InChI=1S/C20H20N4O/c1-13-6-16(9-18(21)7-13)19-4-2-14(17-10-23-12-24-11-17)8-15(19)3-5-20(22)25/h2,4,6-12H,3,5,21H2,1H3,(H2,22,25). The number of benzene rings is 2. The molecular weight excluding hydrogens is 312 g/mol. The Hall–Kier alpha value is -3.21. The zero-order chi connectivity index (χ0) is 17.8. The fourth-order valence-electron chi connectivity index (χ4n) is 2.94. The molecule has 0 atom stereocenters. The van der Waals surface area contributed by atoms with Crippen LogP contribution < -0.4 is 11.5 Å². The number of aryl methyl sites for hydroxylation is 2. The van der Waals surface area contributed by atoms with Crippen molar-refractivity contribution in [1.82, 2.24) is 9.97 Å². The van der Waals surface area contributed by atoms with Gasteiger partial charge in [0.1, 0.15) is 6.33 Å². The predicted molar refractivity (Wildman–Crippen MR) is 99.6 cm³/mol. The zero-order valence-corrected chi connectivity index (χ0v) is 14.1. The lowest BCUT2D eigenvalue weighted by atomic mass is 9.92. The summed E-state index contributed by atoms with van der Waals surface area (Å²) in [6.07, 6.45) is 5.90. The molecule has 1 amide bonds. The molecule has 0 radical (unpaired) electrons. The van der Waals surface area contributed by atoms with Gasteiger partial charge < -0.3 is 11.5 Å². The van der Waals surface area contributed by atoms with Crippen LogP contribution in [-0.4, -0.2) is 15.9 Å². The van der Waals surface area contributed by atoms with Crippen LogP contribution in [0, 0.1) is 6.92 Å². The number of amides is 1. The highest BCUT2D eigenvalue weighted by atomic mass is 16.1. The molecule has 1 aromatic heterocycles. The van der Waals surface area contributed by atoms with Gasteiger partial charge in [-0.05, 0) is 53.3 Å². The van der Waals surface area contributed by atoms with Gasteiger partial charge in [0, 0.05) is 30.1 Å². The minimum atomic E-state index is -0.317. The monoisotopic (exact) mass is 332 g/mol. The zero-order valence-electron chi connectivity index (χ0n) is 14.1. The van der Waals surface area contributed by atoms with Crippen molar-refractivity contribution in [3.05, 3.63) is 66.2 Å². The number of nitrogens with zero attached hydrogens (tertiary/aromatic N) is 2. The molecule has 3 aromatic rings. The van der Waals surface area contributed by atoms with E-state index in [0.29, 0.717) is 12.8 Å². The van der Waals surface area contributed by atoms with Gasteiger partial charge >= 0.3 is 0 Å². The summed E-state index contributed by atoms with van der Waals surface area (Å²) in [4.78, 5) is 19.4. The molecule has 0 unspecified atom stereocenters. The lowest BCUT2D eigenvalue weighted by Gasteiger charge is -2.13. The van der Waals surface area contributed by atoms with Gasteiger partial charge in [0.15, 0.2) is 0 Å². The van der Waals surface area contributed by atoms with Crippen molar-refractivity contribution in [1.29, 1.82) is 0 Å². The minimum Gasteiger partial charge on any atom is -0.399 e. The van der Waals surface area contributed by atoms with Gasteiger partial charge in [-0.3, -0.25) is 4.79 Å². The van der Waals surface area contributed by atoms with Crippen LogP contribution in [0.5, 0.6) is 0 Å². The van der Waals surface area contributed by atoms with Crippen LogP contribution in [-0.2, 0) is 11.2 Å². The first-order valence-electron chi connectivity index (χ1n) is 8.07. The van der Waals surface area contributed by atoms with Crippen molar-refractivity contribution in [3.8, 4) is 22.3 Å². The summed E-state index contributed by atoms with van der Waals surface area (Å²) in [6, 6.07) is 12.1. The number of hydrogen-bond donors (Lipinski definition) is 2. The minimum absolute atomic E-state index is 0.295. The molecule has 0 bridgehead atoms. The Morgan fingerprint density at radius 1 is 1.00 bits per heavy atom. The van der Waals surface area contributed by atoms with Crippen molar-refractivity contribution >= 4 is 11.6 Å². The van der Waals surface area contributed by atoms with E-state index in [0.717, 1.165) is 39.1 Å². The Kier molecular flexibility index (Phi) is 4.75. The van der Waals surface area contributed by atoms with Crippen LogP contribution in [0.25, 0.3) is 22.3 Å². The third kappa shape index (κ3) is 4.01. The molecular formula is C20H20N4O. The molecule has 25 heavy (non-hydrogen) atoms. The molecule has 0 fully saturated rings. The summed E-state index contributed by atoms with van der Waals surface area (Å²) >= 11 is 0. The van der Waals surface area contributed by atoms with E-state index in [9.17, 15) is 4.79 Å². The van der Waals surface area contributed by atoms with E-state index >= 15 is 0 Å². The van der Waals surface area contributed by atoms with E-state index < -0.39 is 0 Å². The topological polar surface area (TPSA) is 94.9 Å². The maximum absolute atomic E-state index is 11.3. The van der Waals surface area contributed by atoms with Crippen LogP contribution in [0.4, 0.5) is 5.69 Å². The van der Waals surface area contributed by atoms with Gasteiger partial charge in [-0.1, -0.05) is 24.3 Å². The number of rotatable bonds is 5. The number of nitrogen functional groups attached to an aromatic ring is 1. The average molecular weight is 332 g/mol. The number of hydrogen-bond acceptors (Lipinski definition) is 4. The SMILES string of the molecule is Cc1cc(N)cc(-c2ccc(-c3cncnc3)cc2CCC(N)=O)c1. The molecule has 0 aliphatic rings. The number of anilines is 1. The molecule has 0 saturated carbocycles. The first-order chi connectivity index (χ1) is 12.0. The first kappa shape index (κ1) is 16.6. The Labute approximate surface area is 146 Å². The molecule has 5 nitrogen and oxygen atoms in total. The molecule has 5 heteroatoms. The quantitative estimate of drug-likeness (QED) is 0.702. The Morgan fingerprint density at radius 2 is 1.76 bits per heavy atom. The van der Waals surface area contributed by atoms with E-state index in [2.05, 4.69) is 22.1 Å². The summed E-state index contributed by atoms with van der Waals surface area (Å²) < 4.78 is 0. The molecule has 3 rings (SSSR count). The summed E-state index contributed by atoms with van der Waals surface area (Å²) in [5, 5.41) is 0. The molecule has 1 heterocycles. The molecule has 2 aromatic carbocycles. The van der Waals surface area contributed by atoms with E-state index in [1.165, 1.54) is 6.33 Å². The van der Waals surface area contributed by atoms with Crippen LogP contribution in [0.2, 0.25) is 0 Å². The van der Waals surface area contributed by atoms with Gasteiger partial charge in [-0.2, -0.15) is 0 Å². The largest absolute Gasteiger partial charge is 0.399 e. The maximum atomic E-state index is 11.3. The van der Waals surface area contributed by atoms with Crippen molar-refractivity contribution < 1.29 is 4.79 Å². The van der Waals surface area contributed by atoms with Gasteiger partial charge in [-0.25, -0.2) is 9.97 Å². The van der Waals surface area contributed by atoms with E-state index in [1.807, 2.05) is 31.2 Å². The number of carbonyl (C=O) groups excluding carboxylic acids is 1. The molecule has 126 valence electrons. The second-order valence-corrected chi connectivity index (χ2v) is 6.10. The highest BCUT2D eigenvalue weighted by molar-refractivity contribution is 5.78. The van der Waals surface area contributed by atoms with Gasteiger partial charge in [0.25, 0.3) is 0 Å². The molecule has 0 aliphatic heterocycles. The van der Waals surface area contributed by atoms with Crippen molar-refractivity contribution in [3.63, 3.8) is 0 Å². The summed E-state index contributed by atoms with van der Waals surface area (Å²) in [5.74, 6) is -0.317. The molecule has 0 aliphatic carbocycles. The highest BCUT2D eigenvalue weighted by Gasteiger charge is 2.10. The second kappa shape index (κ2) is 7.13. The summed E-state index contributed by atoms with van der Waals surface area (Å²) in [6.45, 7) is 2.01. The smallest absolute Gasteiger partial charge is 0.217 e. The Bertz CT molecular complexity index is 887. The predicted octanol–water partition coefficient (Wildman–Crippen LogP) is 3.12. The van der Waals surface area contributed by atoms with E-state index in [1.54, 1.807) is 12.4 Å². The van der Waals surface area contributed by atoms with Crippen molar-refractivity contribution in [2.75, 3.05) is 5.73 Å². The number of carbonyl (C=O) groups is 1. The number of nitrogens with two attached hydrogens (primary N) is 2. The van der Waals surface area contributed by atoms with Crippen LogP contribution in [0.3, 0.4) is 0 Å². The van der Waals surface area contributed by atoms with Crippen LogP contribution in [0.15, 0.2) is 55.1 Å². The Morgan fingerprint density at radius 3 is 2.44 bits per heavy atom. The molecule has 0 saturated heterocycles. The third-order valence-corrected chi connectivity index (χ3v) is 4.05. The van der Waals surface area contributed by atoms with Crippen molar-refractivity contribution in [2.45, 2.75) is 19.8 Å². The molecule has 0 spiro atoms. The lowest BCUT2D eigenvalue weighted by molar-refractivity contribution is -0.117. The normalized spacial score (nSPS) is 10.6. The second-order valence-electron chi connectivity index (χ2n) is 6.10. The number of aromatic nitrogens is 2. The van der Waals surface area contributed by atoms with Gasteiger partial charge in [0.2, 0.25) is 5.91 Å². The maximum Gasteiger partial charge on any atom is 0.217 e. The summed E-state index contributed by atoms with van der Waals surface area (Å²) in [5.41, 5.74) is 18.2. The lowest BCUT2D eigenvalue weighted by Crippen LogP contribution is -2.11. The van der Waals surface area contributed by atoms with E-state index in [-0.39, 0.29) is 5.91 Å². The summed E-state index contributed by atoms with van der Waals surface area (Å²) in [7, 11) is 0. The third-order valence-electron chi connectivity index (χ3n) is 4.05. The van der Waals surface area contributed by atoms with Crippen LogP contribution >= 0.6 is 0 Å². The first-order valence-corrected chi connectivity index (χ1v) is 8.07. The van der Waals surface area contributed by atoms with Gasteiger partial charge in [-0.15, -0.1) is 0 Å². The highest BCUT2D eigenvalue weighted by Crippen LogP contribution is 2.31.